The van der Waals surface area contributed by atoms with Crippen molar-refractivity contribution in [2.24, 2.45) is 0 Å². The van der Waals surface area contributed by atoms with Crippen molar-refractivity contribution < 1.29 is 4.42 Å². The number of hydrogen-bond donors (Lipinski definition) is 2. The van der Waals surface area contributed by atoms with Gasteiger partial charge in [0.2, 0.25) is 0 Å². The molecule has 0 radical (unpaired) electrons. The molecule has 3 heterocycles. The van der Waals surface area contributed by atoms with E-state index in [1.54, 1.807) is 17.4 Å². The van der Waals surface area contributed by atoms with Crippen LogP contribution in [-0.2, 0) is 6.42 Å². The maximum atomic E-state index is 12.4. The third-order valence-electron chi connectivity index (χ3n) is 3.99. The molecule has 0 amide bonds. The summed E-state index contributed by atoms with van der Waals surface area (Å²) in [6.07, 6.45) is 5.17. The lowest BCUT2D eigenvalue weighted by atomic mass is 10.2. The van der Waals surface area contributed by atoms with Gasteiger partial charge >= 0.3 is 0 Å². The van der Waals surface area contributed by atoms with E-state index in [9.17, 15) is 9.59 Å². The van der Waals surface area contributed by atoms with E-state index in [2.05, 4.69) is 15.0 Å². The predicted octanol–water partition coefficient (Wildman–Crippen LogP) is 1.49. The van der Waals surface area contributed by atoms with Crippen LogP contribution in [0.15, 0.2) is 50.7 Å². The maximum Gasteiger partial charge on any atom is 0.272 e. The van der Waals surface area contributed by atoms with Gasteiger partial charge in [0, 0.05) is 16.0 Å². The van der Waals surface area contributed by atoms with Gasteiger partial charge in [0.1, 0.15) is 22.2 Å². The number of nitrogens with one attached hydrogen (secondary N) is 2. The molecule has 0 saturated heterocycles. The zero-order valence-corrected chi connectivity index (χ0v) is 14.7. The topological polar surface area (TPSA) is 91.8 Å². The summed E-state index contributed by atoms with van der Waals surface area (Å²) in [5.74, 6) is 0.658. The van der Waals surface area contributed by atoms with Crippen LogP contribution in [0.2, 0.25) is 0 Å². The first-order chi connectivity index (χ1) is 12.6. The number of oxazole rings is 1. The van der Waals surface area contributed by atoms with Crippen LogP contribution in [0.3, 0.4) is 0 Å². The number of nitrogens with zero attached hydrogens (tertiary/aromatic N) is 1. The van der Waals surface area contributed by atoms with Crippen LogP contribution in [0.25, 0.3) is 22.2 Å². The number of benzene rings is 1. The molecule has 0 aliphatic rings. The van der Waals surface area contributed by atoms with Gasteiger partial charge in [-0.25, -0.2) is 4.98 Å². The van der Waals surface area contributed by atoms with E-state index < -0.39 is 0 Å². The van der Waals surface area contributed by atoms with Crippen LogP contribution < -0.4 is 21.8 Å². The van der Waals surface area contributed by atoms with Crippen LogP contribution in [0.4, 0.5) is 0 Å². The highest BCUT2D eigenvalue weighted by molar-refractivity contribution is 7.19. The van der Waals surface area contributed by atoms with Gasteiger partial charge in [-0.05, 0) is 29.7 Å². The first-order valence-electron chi connectivity index (χ1n) is 8.11. The molecule has 6 nitrogen and oxygen atoms in total. The summed E-state index contributed by atoms with van der Waals surface area (Å²) in [7, 11) is 0. The van der Waals surface area contributed by atoms with Crippen LogP contribution in [0, 0.1) is 0 Å². The molecule has 0 fully saturated rings. The molecule has 0 atom stereocenters. The monoisotopic (exact) mass is 365 g/mol. The van der Waals surface area contributed by atoms with Gasteiger partial charge in [-0.1, -0.05) is 25.1 Å². The Balaban J connectivity index is 1.83. The molecule has 0 spiro atoms. The smallest absolute Gasteiger partial charge is 0.272 e. The second-order valence-corrected chi connectivity index (χ2v) is 6.84. The Labute approximate surface area is 151 Å². The number of aromatic nitrogens is 3. The van der Waals surface area contributed by atoms with Crippen LogP contribution in [0.1, 0.15) is 23.3 Å². The molecule has 130 valence electrons. The summed E-state index contributed by atoms with van der Waals surface area (Å²) in [5.41, 5.74) is -0.216. The lowest BCUT2D eigenvalue weighted by Gasteiger charge is -1.92. The molecule has 0 unspecified atom stereocenters. The van der Waals surface area contributed by atoms with Crippen molar-refractivity contribution in [1.82, 2.24) is 15.0 Å². The zero-order valence-electron chi connectivity index (χ0n) is 13.9. The van der Waals surface area contributed by atoms with Gasteiger partial charge in [-0.3, -0.25) is 9.59 Å². The van der Waals surface area contributed by atoms with Crippen molar-refractivity contribution in [2.45, 2.75) is 13.3 Å². The van der Waals surface area contributed by atoms with E-state index in [-0.39, 0.29) is 21.8 Å². The lowest BCUT2D eigenvalue weighted by molar-refractivity contribution is 0.509. The maximum absolute atomic E-state index is 12.4. The Morgan fingerprint density at radius 1 is 1.12 bits per heavy atom. The van der Waals surface area contributed by atoms with Crippen molar-refractivity contribution in [3.63, 3.8) is 0 Å². The average Bonchev–Trinajstić information content (AvgIpc) is 3.24. The second kappa shape index (κ2) is 6.61. The first kappa shape index (κ1) is 16.3. The predicted molar refractivity (Wildman–Crippen MR) is 102 cm³/mol. The molecule has 0 aliphatic heterocycles. The molecular formula is C19H15N3O3S. The number of hydrogen-bond acceptors (Lipinski definition) is 5. The largest absolute Gasteiger partial charge is 0.448 e. The fourth-order valence-corrected chi connectivity index (χ4v) is 3.72. The highest BCUT2D eigenvalue weighted by Gasteiger charge is 2.05. The summed E-state index contributed by atoms with van der Waals surface area (Å²) >= 11 is 1.56. The van der Waals surface area contributed by atoms with Crippen LogP contribution >= 0.6 is 11.3 Å². The summed E-state index contributed by atoms with van der Waals surface area (Å²) in [4.78, 5) is 35.0. The quantitative estimate of drug-likeness (QED) is 0.575. The Morgan fingerprint density at radius 3 is 2.58 bits per heavy atom. The van der Waals surface area contributed by atoms with Crippen LogP contribution in [-0.4, -0.2) is 15.0 Å². The van der Waals surface area contributed by atoms with E-state index in [0.717, 1.165) is 15.0 Å². The molecule has 2 N–H and O–H groups in total. The zero-order chi connectivity index (χ0) is 18.1. The molecule has 1 aromatic carbocycles. The first-order valence-corrected chi connectivity index (χ1v) is 8.92. The third-order valence-corrected chi connectivity index (χ3v) is 5.05. The van der Waals surface area contributed by atoms with Gasteiger partial charge in [-0.15, -0.1) is 11.3 Å². The van der Waals surface area contributed by atoms with Crippen LogP contribution in [0.5, 0.6) is 0 Å². The molecule has 4 aromatic rings. The summed E-state index contributed by atoms with van der Waals surface area (Å²) < 4.78 is 6.36. The normalized spacial score (nSPS) is 13.0. The van der Waals surface area contributed by atoms with Gasteiger partial charge < -0.3 is 14.4 Å². The minimum Gasteiger partial charge on any atom is -0.448 e. The van der Waals surface area contributed by atoms with Crippen molar-refractivity contribution >= 4 is 33.6 Å². The average molecular weight is 365 g/mol. The summed E-state index contributed by atoms with van der Waals surface area (Å²) in [6, 6.07) is 9.95. The number of thiophene rings is 1. The van der Waals surface area contributed by atoms with Crippen molar-refractivity contribution in [1.29, 1.82) is 0 Å². The van der Waals surface area contributed by atoms with E-state index in [1.807, 2.05) is 37.3 Å². The number of H-pyrrole nitrogens is 2. The minimum atomic E-state index is -0.387. The van der Waals surface area contributed by atoms with Gasteiger partial charge in [0.25, 0.3) is 11.1 Å². The van der Waals surface area contributed by atoms with E-state index in [1.165, 1.54) is 12.5 Å². The summed E-state index contributed by atoms with van der Waals surface area (Å²) in [6.45, 7) is 1.92. The number of rotatable bonds is 3. The molecule has 0 saturated carbocycles. The molecule has 0 bridgehead atoms. The molecule has 0 aliphatic carbocycles. The van der Waals surface area contributed by atoms with E-state index in [4.69, 9.17) is 4.42 Å². The standard InChI is InChI=1S/C19H15N3O3S/c1-2-16-13(20-10-25-16)9-15-19(24)21-14(18(23)22-15)8-12-7-11-5-3-4-6-17(11)26-12/h3-10H,2H2,1H3,(H,21,24)(H,22,23)/b14-8-,15-9-. The Bertz CT molecular complexity index is 1290. The Kier molecular flexibility index (Phi) is 4.14. The molecule has 26 heavy (non-hydrogen) atoms. The van der Waals surface area contributed by atoms with E-state index >= 15 is 0 Å². The Morgan fingerprint density at radius 2 is 1.85 bits per heavy atom. The fourth-order valence-electron chi connectivity index (χ4n) is 2.71. The van der Waals surface area contributed by atoms with Crippen molar-refractivity contribution in [3.8, 4) is 0 Å². The minimum absolute atomic E-state index is 0.145. The SMILES string of the molecule is CCc1ocnc1/C=c1\[nH]c(=O)/c(=C/c2cc3ccccc3s2)[nH]c1=O. The van der Waals surface area contributed by atoms with Crippen molar-refractivity contribution in [3.05, 3.63) is 84.5 Å². The third kappa shape index (κ3) is 3.04. The van der Waals surface area contributed by atoms with Gasteiger partial charge in [0.15, 0.2) is 6.39 Å². The fraction of sp³-hybridized carbons (Fsp3) is 0.105. The number of fused-ring (bicyclic) bond motifs is 1. The van der Waals surface area contributed by atoms with Crippen molar-refractivity contribution in [2.75, 3.05) is 0 Å². The highest BCUT2D eigenvalue weighted by Crippen LogP contribution is 2.25. The second-order valence-electron chi connectivity index (χ2n) is 5.73. The molecule has 3 aromatic heterocycles. The van der Waals surface area contributed by atoms with Gasteiger partial charge in [-0.2, -0.15) is 0 Å². The number of aromatic amines is 2. The molecule has 7 heteroatoms. The Hall–Kier alpha value is -3.19. The lowest BCUT2D eigenvalue weighted by Crippen LogP contribution is -2.46. The highest BCUT2D eigenvalue weighted by atomic mass is 32.1. The summed E-state index contributed by atoms with van der Waals surface area (Å²) in [5, 5.41) is 1.47. The number of aryl methyl sites for hydroxylation is 1. The van der Waals surface area contributed by atoms with Gasteiger partial charge in [0.05, 0.1) is 0 Å². The molecular weight excluding hydrogens is 350 g/mol. The van der Waals surface area contributed by atoms with E-state index in [0.29, 0.717) is 17.9 Å². The molecule has 4 rings (SSSR count).